The van der Waals surface area contributed by atoms with Crippen molar-refractivity contribution in [3.8, 4) is 0 Å². The van der Waals surface area contributed by atoms with Gasteiger partial charge in [-0.15, -0.1) is 0 Å². The Morgan fingerprint density at radius 2 is 2.28 bits per heavy atom. The molecule has 0 aliphatic carbocycles. The Labute approximate surface area is 103 Å². The first-order valence-electron chi connectivity index (χ1n) is 5.46. The lowest BCUT2D eigenvalue weighted by Gasteiger charge is -2.10. The number of aliphatic carboxylic acids is 1. The standard InChI is InChI=1S/C13H12FNO3/c1-8(13(16)17)18-7-9-4-5-11(14)10-3-2-6-15-12(9)10/h2-6,8H,7H2,1H3,(H,16,17). The van der Waals surface area contributed by atoms with Gasteiger partial charge in [0.25, 0.3) is 0 Å². The van der Waals surface area contributed by atoms with Crippen LogP contribution in [-0.4, -0.2) is 22.2 Å². The molecular formula is C13H12FNO3. The molecule has 1 atom stereocenters. The Balaban J connectivity index is 2.29. The Morgan fingerprint density at radius 1 is 1.50 bits per heavy atom. The van der Waals surface area contributed by atoms with Gasteiger partial charge in [-0.1, -0.05) is 6.07 Å². The second-order valence-electron chi connectivity index (χ2n) is 3.90. The first-order chi connectivity index (χ1) is 8.59. The molecule has 0 bridgehead atoms. The number of benzene rings is 1. The molecule has 4 nitrogen and oxygen atoms in total. The van der Waals surface area contributed by atoms with E-state index in [4.69, 9.17) is 9.84 Å². The minimum Gasteiger partial charge on any atom is -0.479 e. The number of ether oxygens (including phenoxy) is 1. The van der Waals surface area contributed by atoms with Gasteiger partial charge in [-0.2, -0.15) is 0 Å². The van der Waals surface area contributed by atoms with Gasteiger partial charge in [0.1, 0.15) is 5.82 Å². The third-order valence-electron chi connectivity index (χ3n) is 2.64. The summed E-state index contributed by atoms with van der Waals surface area (Å²) in [6, 6.07) is 6.16. The number of carbonyl (C=O) groups is 1. The predicted molar refractivity (Wildman–Crippen MR) is 63.6 cm³/mol. The summed E-state index contributed by atoms with van der Waals surface area (Å²) in [6.07, 6.45) is 0.653. The monoisotopic (exact) mass is 249 g/mol. The molecule has 0 aliphatic heterocycles. The molecule has 0 spiro atoms. The normalized spacial score (nSPS) is 12.6. The maximum absolute atomic E-state index is 13.5. The first kappa shape index (κ1) is 12.4. The van der Waals surface area contributed by atoms with E-state index in [0.29, 0.717) is 16.5 Å². The topological polar surface area (TPSA) is 59.4 Å². The molecule has 0 saturated carbocycles. The van der Waals surface area contributed by atoms with Crippen molar-refractivity contribution in [3.63, 3.8) is 0 Å². The van der Waals surface area contributed by atoms with E-state index in [1.807, 2.05) is 0 Å². The first-order valence-corrected chi connectivity index (χ1v) is 5.46. The number of aromatic nitrogens is 1. The predicted octanol–water partition coefficient (Wildman–Crippen LogP) is 2.36. The lowest BCUT2D eigenvalue weighted by Crippen LogP contribution is -2.19. The number of fused-ring (bicyclic) bond motifs is 1. The number of pyridine rings is 1. The van der Waals surface area contributed by atoms with Gasteiger partial charge >= 0.3 is 5.97 Å². The highest BCUT2D eigenvalue weighted by Crippen LogP contribution is 2.20. The van der Waals surface area contributed by atoms with Crippen molar-refractivity contribution >= 4 is 16.9 Å². The van der Waals surface area contributed by atoms with E-state index < -0.39 is 12.1 Å². The molecule has 2 rings (SSSR count). The van der Waals surface area contributed by atoms with Crippen LogP contribution in [-0.2, 0) is 16.1 Å². The Hall–Kier alpha value is -2.01. The number of carboxylic acid groups (broad SMARTS) is 1. The van der Waals surface area contributed by atoms with Crippen molar-refractivity contribution in [3.05, 3.63) is 41.8 Å². The molecule has 18 heavy (non-hydrogen) atoms. The summed E-state index contributed by atoms with van der Waals surface area (Å²) >= 11 is 0. The van der Waals surface area contributed by atoms with Crippen LogP contribution in [0.1, 0.15) is 12.5 Å². The zero-order valence-electron chi connectivity index (χ0n) is 9.76. The fourth-order valence-corrected chi connectivity index (χ4v) is 1.60. The van der Waals surface area contributed by atoms with E-state index in [1.165, 1.54) is 13.0 Å². The van der Waals surface area contributed by atoms with Gasteiger partial charge in [0, 0.05) is 17.1 Å². The van der Waals surface area contributed by atoms with Crippen molar-refractivity contribution in [1.29, 1.82) is 0 Å². The van der Waals surface area contributed by atoms with Crippen LogP contribution in [0.5, 0.6) is 0 Å². The molecule has 1 aromatic carbocycles. The maximum atomic E-state index is 13.5. The summed E-state index contributed by atoms with van der Waals surface area (Å²) in [5.74, 6) is -1.39. The van der Waals surface area contributed by atoms with Crippen molar-refractivity contribution in [2.24, 2.45) is 0 Å². The second-order valence-corrected chi connectivity index (χ2v) is 3.90. The molecular weight excluding hydrogens is 237 g/mol. The smallest absolute Gasteiger partial charge is 0.332 e. The van der Waals surface area contributed by atoms with Crippen molar-refractivity contribution < 1.29 is 19.0 Å². The van der Waals surface area contributed by atoms with E-state index in [0.717, 1.165) is 0 Å². The minimum atomic E-state index is -1.03. The van der Waals surface area contributed by atoms with E-state index in [1.54, 1.807) is 24.4 Å². The average Bonchev–Trinajstić information content (AvgIpc) is 2.38. The van der Waals surface area contributed by atoms with E-state index in [9.17, 15) is 9.18 Å². The Bertz CT molecular complexity index is 585. The molecule has 94 valence electrons. The number of hydrogen-bond donors (Lipinski definition) is 1. The summed E-state index contributed by atoms with van der Waals surface area (Å²) < 4.78 is 18.7. The van der Waals surface area contributed by atoms with Gasteiger partial charge in [0.05, 0.1) is 12.1 Å². The van der Waals surface area contributed by atoms with Crippen LogP contribution in [0, 0.1) is 5.82 Å². The molecule has 0 radical (unpaired) electrons. The highest BCUT2D eigenvalue weighted by Gasteiger charge is 2.13. The third kappa shape index (κ3) is 2.46. The van der Waals surface area contributed by atoms with E-state index in [-0.39, 0.29) is 12.4 Å². The minimum absolute atomic E-state index is 0.0846. The SMILES string of the molecule is CC(OCc1ccc(F)c2cccnc12)C(=O)O. The summed E-state index contributed by atoms with van der Waals surface area (Å²) in [6.45, 7) is 1.53. The molecule has 5 heteroatoms. The summed E-state index contributed by atoms with van der Waals surface area (Å²) in [7, 11) is 0. The summed E-state index contributed by atoms with van der Waals surface area (Å²) in [5, 5.41) is 9.12. The van der Waals surface area contributed by atoms with Crippen LogP contribution < -0.4 is 0 Å². The fourth-order valence-electron chi connectivity index (χ4n) is 1.60. The number of rotatable bonds is 4. The molecule has 0 aliphatic rings. The Morgan fingerprint density at radius 3 is 3.00 bits per heavy atom. The summed E-state index contributed by atoms with van der Waals surface area (Å²) in [4.78, 5) is 14.7. The number of carboxylic acids is 1. The number of halogens is 1. The molecule has 0 amide bonds. The molecule has 1 heterocycles. The van der Waals surface area contributed by atoms with Crippen molar-refractivity contribution in [2.75, 3.05) is 0 Å². The van der Waals surface area contributed by atoms with E-state index >= 15 is 0 Å². The van der Waals surface area contributed by atoms with Gasteiger partial charge < -0.3 is 9.84 Å². The van der Waals surface area contributed by atoms with Crippen molar-refractivity contribution in [1.82, 2.24) is 4.98 Å². The zero-order valence-corrected chi connectivity index (χ0v) is 9.76. The van der Waals surface area contributed by atoms with Gasteiger partial charge in [-0.05, 0) is 25.1 Å². The number of hydrogen-bond acceptors (Lipinski definition) is 3. The van der Waals surface area contributed by atoms with Gasteiger partial charge in [0.15, 0.2) is 6.10 Å². The zero-order chi connectivity index (χ0) is 13.1. The Kier molecular flexibility index (Phi) is 3.53. The largest absolute Gasteiger partial charge is 0.479 e. The molecule has 1 N–H and O–H groups in total. The van der Waals surface area contributed by atoms with Gasteiger partial charge in [0.2, 0.25) is 0 Å². The highest BCUT2D eigenvalue weighted by atomic mass is 19.1. The van der Waals surface area contributed by atoms with Crippen LogP contribution in [0.15, 0.2) is 30.5 Å². The van der Waals surface area contributed by atoms with Crippen LogP contribution in [0.3, 0.4) is 0 Å². The van der Waals surface area contributed by atoms with Crippen LogP contribution in [0.25, 0.3) is 10.9 Å². The summed E-state index contributed by atoms with van der Waals surface area (Å²) in [5.41, 5.74) is 1.16. The van der Waals surface area contributed by atoms with Crippen LogP contribution in [0.2, 0.25) is 0 Å². The lowest BCUT2D eigenvalue weighted by molar-refractivity contribution is -0.149. The average molecular weight is 249 g/mol. The van der Waals surface area contributed by atoms with Gasteiger partial charge in [-0.25, -0.2) is 9.18 Å². The van der Waals surface area contributed by atoms with Crippen LogP contribution >= 0.6 is 0 Å². The van der Waals surface area contributed by atoms with Crippen molar-refractivity contribution in [2.45, 2.75) is 19.6 Å². The maximum Gasteiger partial charge on any atom is 0.332 e. The van der Waals surface area contributed by atoms with Gasteiger partial charge in [-0.3, -0.25) is 4.98 Å². The lowest BCUT2D eigenvalue weighted by atomic mass is 10.1. The third-order valence-corrected chi connectivity index (χ3v) is 2.64. The highest BCUT2D eigenvalue weighted by molar-refractivity contribution is 5.82. The quantitative estimate of drug-likeness (QED) is 0.903. The van der Waals surface area contributed by atoms with E-state index in [2.05, 4.69) is 4.98 Å². The molecule has 1 unspecified atom stereocenters. The number of nitrogens with zero attached hydrogens (tertiary/aromatic N) is 1. The molecule has 0 saturated heterocycles. The fraction of sp³-hybridized carbons (Fsp3) is 0.231. The van der Waals surface area contributed by atoms with Crippen LogP contribution in [0.4, 0.5) is 4.39 Å². The molecule has 2 aromatic rings. The molecule has 1 aromatic heterocycles. The molecule has 0 fully saturated rings. The second kappa shape index (κ2) is 5.10.